The van der Waals surface area contributed by atoms with Gasteiger partial charge in [0.15, 0.2) is 11.6 Å². The van der Waals surface area contributed by atoms with Crippen LogP contribution in [0.5, 0.6) is 0 Å². The first-order valence-corrected chi connectivity index (χ1v) is 7.56. The van der Waals surface area contributed by atoms with Crippen molar-refractivity contribution >= 4 is 5.82 Å². The zero-order valence-corrected chi connectivity index (χ0v) is 13.4. The summed E-state index contributed by atoms with van der Waals surface area (Å²) in [5.74, 6) is -0.868. The van der Waals surface area contributed by atoms with Gasteiger partial charge in [-0.1, -0.05) is 6.07 Å². The van der Waals surface area contributed by atoms with E-state index in [1.54, 1.807) is 10.6 Å². The van der Waals surface area contributed by atoms with Crippen molar-refractivity contribution in [1.29, 1.82) is 0 Å². The van der Waals surface area contributed by atoms with E-state index < -0.39 is 11.6 Å². The maximum atomic E-state index is 13.2. The molecule has 0 aliphatic carbocycles. The van der Waals surface area contributed by atoms with Gasteiger partial charge in [-0.05, 0) is 44.4 Å². The average Bonchev–Trinajstić information content (AvgIpc) is 2.72. The first-order valence-electron chi connectivity index (χ1n) is 7.56. The summed E-state index contributed by atoms with van der Waals surface area (Å²) in [6.45, 7) is 4.74. The Bertz CT molecular complexity index is 814. The van der Waals surface area contributed by atoms with E-state index in [0.717, 1.165) is 11.9 Å². The minimum atomic E-state index is -0.856. The number of halogens is 2. The minimum absolute atomic E-state index is 0.132. The molecule has 1 aliphatic heterocycles. The van der Waals surface area contributed by atoms with Crippen molar-refractivity contribution in [3.8, 4) is 0 Å². The van der Waals surface area contributed by atoms with Gasteiger partial charge in [-0.2, -0.15) is 4.98 Å². The van der Waals surface area contributed by atoms with Crippen LogP contribution >= 0.6 is 0 Å². The molecule has 0 amide bonds. The van der Waals surface area contributed by atoms with Crippen molar-refractivity contribution in [1.82, 2.24) is 9.55 Å². The zero-order valence-electron chi connectivity index (χ0n) is 13.4. The van der Waals surface area contributed by atoms with E-state index in [0.29, 0.717) is 30.6 Å². The third-order valence-corrected chi connectivity index (χ3v) is 4.49. The molecule has 1 aromatic carbocycles. The fourth-order valence-electron chi connectivity index (χ4n) is 2.87. The van der Waals surface area contributed by atoms with E-state index in [9.17, 15) is 13.6 Å². The summed E-state index contributed by atoms with van der Waals surface area (Å²) in [5.41, 5.74) is 0.947. The number of likely N-dealkylation sites (N-methyl/N-ethyl adjacent to an activating group) is 1. The van der Waals surface area contributed by atoms with Crippen LogP contribution in [0.25, 0.3) is 0 Å². The number of nitrogens with zero attached hydrogens (tertiary/aromatic N) is 3. The predicted molar refractivity (Wildman–Crippen MR) is 84.7 cm³/mol. The molecule has 0 radical (unpaired) electrons. The molecule has 0 saturated carbocycles. The number of rotatable bonds is 3. The van der Waals surface area contributed by atoms with Crippen molar-refractivity contribution in [2.45, 2.75) is 38.8 Å². The fraction of sp³-hybridized carbons (Fsp3) is 0.412. The molecule has 0 N–H and O–H groups in total. The third-order valence-electron chi connectivity index (χ3n) is 4.49. The smallest absolute Gasteiger partial charge is 0.349 e. The predicted octanol–water partition coefficient (Wildman–Crippen LogP) is 2.54. The number of fused-ring (bicyclic) bond motifs is 1. The molecule has 0 bridgehead atoms. The number of anilines is 1. The van der Waals surface area contributed by atoms with Gasteiger partial charge in [0.1, 0.15) is 5.82 Å². The quantitative estimate of drug-likeness (QED) is 0.872. The second-order valence-electron chi connectivity index (χ2n) is 6.59. The molecule has 0 atom stereocenters. The molecule has 0 unspecified atom stereocenters. The van der Waals surface area contributed by atoms with Crippen molar-refractivity contribution in [2.75, 3.05) is 11.9 Å². The summed E-state index contributed by atoms with van der Waals surface area (Å²) in [7, 11) is 1.96. The van der Waals surface area contributed by atoms with Gasteiger partial charge in [-0.15, -0.1) is 0 Å². The lowest BCUT2D eigenvalue weighted by Crippen LogP contribution is -2.38. The van der Waals surface area contributed by atoms with Gasteiger partial charge in [0.05, 0.1) is 17.8 Å². The Morgan fingerprint density at radius 2 is 1.91 bits per heavy atom. The molecule has 0 spiro atoms. The number of aromatic nitrogens is 2. The van der Waals surface area contributed by atoms with Crippen LogP contribution in [0.2, 0.25) is 0 Å². The molecule has 1 aliphatic rings. The minimum Gasteiger partial charge on any atom is -0.354 e. The summed E-state index contributed by atoms with van der Waals surface area (Å²) in [6, 6.07) is 5.75. The van der Waals surface area contributed by atoms with E-state index in [-0.39, 0.29) is 11.2 Å². The second-order valence-corrected chi connectivity index (χ2v) is 6.59. The summed E-state index contributed by atoms with van der Waals surface area (Å²) < 4.78 is 27.8. The molecule has 4 nitrogen and oxygen atoms in total. The summed E-state index contributed by atoms with van der Waals surface area (Å²) in [4.78, 5) is 18.4. The number of hydrogen-bond acceptors (Lipinski definition) is 3. The van der Waals surface area contributed by atoms with Crippen LogP contribution in [0, 0.1) is 11.6 Å². The molecule has 2 heterocycles. The summed E-state index contributed by atoms with van der Waals surface area (Å²) in [6.07, 6.45) is 1.00. The van der Waals surface area contributed by atoms with Gasteiger partial charge < -0.3 is 4.90 Å². The molecular weight excluding hydrogens is 300 g/mol. The highest BCUT2D eigenvalue weighted by atomic mass is 19.2. The van der Waals surface area contributed by atoms with E-state index >= 15 is 0 Å². The van der Waals surface area contributed by atoms with Gasteiger partial charge in [0.2, 0.25) is 0 Å². The van der Waals surface area contributed by atoms with Crippen LogP contribution in [-0.4, -0.2) is 22.1 Å². The first kappa shape index (κ1) is 15.6. The lowest BCUT2D eigenvalue weighted by atomic mass is 10.1. The molecule has 3 rings (SSSR count). The maximum Gasteiger partial charge on any atom is 0.349 e. The second kappa shape index (κ2) is 5.44. The Balaban J connectivity index is 1.83. The van der Waals surface area contributed by atoms with Crippen LogP contribution in [0.15, 0.2) is 29.1 Å². The molecular formula is C17H19F2N3O. The molecule has 1 aromatic heterocycles. The fourth-order valence-corrected chi connectivity index (χ4v) is 2.87. The van der Waals surface area contributed by atoms with E-state index in [1.165, 1.54) is 6.07 Å². The van der Waals surface area contributed by atoms with Crippen LogP contribution in [0.4, 0.5) is 14.6 Å². The summed E-state index contributed by atoms with van der Waals surface area (Å²) in [5, 5.41) is 0. The summed E-state index contributed by atoms with van der Waals surface area (Å²) >= 11 is 0. The Hall–Kier alpha value is -2.24. The van der Waals surface area contributed by atoms with Crippen LogP contribution in [0.3, 0.4) is 0 Å². The zero-order chi connectivity index (χ0) is 16.8. The molecule has 0 saturated heterocycles. The van der Waals surface area contributed by atoms with E-state index in [2.05, 4.69) is 23.7 Å². The third kappa shape index (κ3) is 2.85. The molecule has 23 heavy (non-hydrogen) atoms. The van der Waals surface area contributed by atoms with Crippen molar-refractivity contribution in [3.63, 3.8) is 0 Å². The van der Waals surface area contributed by atoms with Crippen molar-refractivity contribution in [2.24, 2.45) is 0 Å². The van der Waals surface area contributed by atoms with Gasteiger partial charge in [-0.3, -0.25) is 4.57 Å². The number of aryl methyl sites for hydroxylation is 2. The average molecular weight is 319 g/mol. The highest BCUT2D eigenvalue weighted by Gasteiger charge is 2.34. The van der Waals surface area contributed by atoms with E-state index in [4.69, 9.17) is 0 Å². The maximum absolute atomic E-state index is 13.2. The lowest BCUT2D eigenvalue weighted by molar-refractivity contribution is 0.466. The Morgan fingerprint density at radius 3 is 2.61 bits per heavy atom. The highest BCUT2D eigenvalue weighted by Crippen LogP contribution is 2.30. The topological polar surface area (TPSA) is 38.1 Å². The van der Waals surface area contributed by atoms with Crippen molar-refractivity contribution in [3.05, 3.63) is 57.6 Å². The van der Waals surface area contributed by atoms with Crippen LogP contribution < -0.4 is 10.6 Å². The largest absolute Gasteiger partial charge is 0.354 e. The first-order chi connectivity index (χ1) is 10.8. The van der Waals surface area contributed by atoms with Crippen LogP contribution in [-0.2, 0) is 19.4 Å². The van der Waals surface area contributed by atoms with Gasteiger partial charge in [0, 0.05) is 13.1 Å². The molecule has 122 valence electrons. The van der Waals surface area contributed by atoms with Crippen molar-refractivity contribution < 1.29 is 8.78 Å². The number of hydrogen-bond donors (Lipinski definition) is 0. The Labute approximate surface area is 133 Å². The lowest BCUT2D eigenvalue weighted by Gasteiger charge is -2.28. The monoisotopic (exact) mass is 319 g/mol. The number of benzene rings is 1. The molecule has 6 heteroatoms. The Morgan fingerprint density at radius 1 is 1.17 bits per heavy atom. The van der Waals surface area contributed by atoms with E-state index in [1.807, 2.05) is 13.1 Å². The molecule has 2 aromatic rings. The molecule has 0 fully saturated rings. The standard InChI is InChI=1S/C17H19F2N3O/c1-17(2)10-22-15(21(17)3)9-12(20-16(22)23)6-4-11-5-7-13(18)14(19)8-11/h5,7-9H,4,6,10H2,1-3H3. The SMILES string of the molecule is CN1c2cc(CCc3ccc(F)c(F)c3)nc(=O)n2CC1(C)C. The van der Waals surface area contributed by atoms with Gasteiger partial charge >= 0.3 is 5.69 Å². The van der Waals surface area contributed by atoms with Crippen LogP contribution in [0.1, 0.15) is 25.1 Å². The van der Waals surface area contributed by atoms with Gasteiger partial charge in [0.25, 0.3) is 0 Å². The highest BCUT2D eigenvalue weighted by molar-refractivity contribution is 5.46. The normalized spacial score (nSPS) is 15.8. The van der Waals surface area contributed by atoms with Gasteiger partial charge in [-0.25, -0.2) is 13.6 Å². The Kier molecular flexibility index (Phi) is 3.70.